The Balaban J connectivity index is 1.80. The van der Waals surface area contributed by atoms with Crippen molar-refractivity contribution in [3.63, 3.8) is 0 Å². The van der Waals surface area contributed by atoms with Crippen LogP contribution in [0.1, 0.15) is 30.6 Å². The second-order valence-corrected chi connectivity index (χ2v) is 7.05. The zero-order valence-electron chi connectivity index (χ0n) is 11.0. The van der Waals surface area contributed by atoms with Crippen molar-refractivity contribution in [3.8, 4) is 10.6 Å². The maximum atomic E-state index is 5.92. The SMILES string of the molecule is Nc1nc(-c2cccs2)c(CN2CCCCCC2)s1. The Morgan fingerprint density at radius 3 is 2.68 bits per heavy atom. The van der Waals surface area contributed by atoms with E-state index in [1.807, 2.05) is 0 Å². The van der Waals surface area contributed by atoms with Crippen molar-refractivity contribution in [2.45, 2.75) is 32.2 Å². The van der Waals surface area contributed by atoms with Gasteiger partial charge in [0.05, 0.1) is 10.6 Å². The fourth-order valence-electron chi connectivity index (χ4n) is 2.58. The van der Waals surface area contributed by atoms with Crippen molar-refractivity contribution < 1.29 is 0 Å². The van der Waals surface area contributed by atoms with Crippen molar-refractivity contribution in [1.82, 2.24) is 9.88 Å². The van der Waals surface area contributed by atoms with Gasteiger partial charge in [-0.1, -0.05) is 18.9 Å². The second-order valence-electron chi connectivity index (χ2n) is 4.99. The van der Waals surface area contributed by atoms with Gasteiger partial charge in [0.1, 0.15) is 0 Å². The number of rotatable bonds is 3. The first-order valence-electron chi connectivity index (χ1n) is 6.84. The van der Waals surface area contributed by atoms with Crippen molar-refractivity contribution >= 4 is 27.8 Å². The van der Waals surface area contributed by atoms with E-state index in [1.54, 1.807) is 22.7 Å². The minimum absolute atomic E-state index is 0.688. The van der Waals surface area contributed by atoms with Gasteiger partial charge in [-0.05, 0) is 37.4 Å². The minimum Gasteiger partial charge on any atom is -0.375 e. The molecule has 0 aromatic carbocycles. The third kappa shape index (κ3) is 3.16. The van der Waals surface area contributed by atoms with Crippen molar-refractivity contribution in [1.29, 1.82) is 0 Å². The molecule has 19 heavy (non-hydrogen) atoms. The average molecular weight is 293 g/mol. The quantitative estimate of drug-likeness (QED) is 0.935. The summed E-state index contributed by atoms with van der Waals surface area (Å²) in [5.41, 5.74) is 7.01. The zero-order valence-corrected chi connectivity index (χ0v) is 12.6. The molecule has 3 nitrogen and oxygen atoms in total. The lowest BCUT2D eigenvalue weighted by atomic mass is 10.2. The van der Waals surface area contributed by atoms with Gasteiger partial charge in [-0.25, -0.2) is 4.98 Å². The van der Waals surface area contributed by atoms with E-state index < -0.39 is 0 Å². The van der Waals surface area contributed by atoms with Crippen LogP contribution in [0.25, 0.3) is 10.6 Å². The normalized spacial score (nSPS) is 17.5. The third-order valence-electron chi connectivity index (χ3n) is 3.53. The molecule has 1 aliphatic rings. The van der Waals surface area contributed by atoms with E-state index in [9.17, 15) is 0 Å². The van der Waals surface area contributed by atoms with Crippen LogP contribution in [-0.4, -0.2) is 23.0 Å². The Morgan fingerprint density at radius 2 is 2.00 bits per heavy atom. The summed E-state index contributed by atoms with van der Waals surface area (Å²) in [6, 6.07) is 4.20. The Hall–Kier alpha value is -0.910. The number of nitrogen functional groups attached to an aromatic ring is 1. The molecule has 1 fully saturated rings. The third-order valence-corrected chi connectivity index (χ3v) is 5.28. The molecule has 0 aliphatic carbocycles. The molecule has 0 radical (unpaired) electrons. The number of likely N-dealkylation sites (tertiary alicyclic amines) is 1. The fourth-order valence-corrected chi connectivity index (χ4v) is 4.28. The number of thiophene rings is 1. The van der Waals surface area contributed by atoms with Gasteiger partial charge < -0.3 is 5.73 Å². The predicted octanol–water partition coefficient (Wildman–Crippen LogP) is 3.83. The maximum Gasteiger partial charge on any atom is 0.180 e. The lowest BCUT2D eigenvalue weighted by Gasteiger charge is -2.18. The van der Waals surface area contributed by atoms with E-state index in [2.05, 4.69) is 27.4 Å². The van der Waals surface area contributed by atoms with Crippen LogP contribution in [0.5, 0.6) is 0 Å². The van der Waals surface area contributed by atoms with E-state index in [4.69, 9.17) is 5.73 Å². The number of anilines is 1. The molecule has 2 N–H and O–H groups in total. The van der Waals surface area contributed by atoms with Crippen molar-refractivity contribution in [3.05, 3.63) is 22.4 Å². The smallest absolute Gasteiger partial charge is 0.180 e. The lowest BCUT2D eigenvalue weighted by Crippen LogP contribution is -2.23. The molecule has 3 rings (SSSR count). The Labute approximate surface area is 122 Å². The van der Waals surface area contributed by atoms with Gasteiger partial charge in [-0.3, -0.25) is 4.90 Å². The summed E-state index contributed by atoms with van der Waals surface area (Å²) in [4.78, 5) is 9.63. The number of hydrogen-bond acceptors (Lipinski definition) is 5. The number of nitrogens with zero attached hydrogens (tertiary/aromatic N) is 2. The van der Waals surface area contributed by atoms with E-state index in [0.29, 0.717) is 5.13 Å². The van der Waals surface area contributed by atoms with Crippen LogP contribution < -0.4 is 5.73 Å². The van der Waals surface area contributed by atoms with Gasteiger partial charge in [-0.2, -0.15) is 0 Å². The minimum atomic E-state index is 0.688. The summed E-state index contributed by atoms with van der Waals surface area (Å²) in [5, 5.41) is 2.79. The summed E-state index contributed by atoms with van der Waals surface area (Å²) in [6.45, 7) is 3.42. The molecule has 5 heteroatoms. The van der Waals surface area contributed by atoms with Gasteiger partial charge in [0.2, 0.25) is 0 Å². The van der Waals surface area contributed by atoms with Crippen LogP contribution in [-0.2, 0) is 6.54 Å². The average Bonchev–Trinajstić information content (AvgIpc) is 2.95. The fraction of sp³-hybridized carbons (Fsp3) is 0.500. The predicted molar refractivity (Wildman–Crippen MR) is 83.6 cm³/mol. The highest BCUT2D eigenvalue weighted by Gasteiger charge is 2.16. The largest absolute Gasteiger partial charge is 0.375 e. The van der Waals surface area contributed by atoms with Crippen molar-refractivity contribution in [2.24, 2.45) is 0 Å². The van der Waals surface area contributed by atoms with Crippen LogP contribution >= 0.6 is 22.7 Å². The molecule has 0 spiro atoms. The molecular formula is C14H19N3S2. The van der Waals surface area contributed by atoms with E-state index in [-0.39, 0.29) is 0 Å². The van der Waals surface area contributed by atoms with Gasteiger partial charge in [-0.15, -0.1) is 22.7 Å². The lowest BCUT2D eigenvalue weighted by molar-refractivity contribution is 0.279. The van der Waals surface area contributed by atoms with Crippen LogP contribution in [0.2, 0.25) is 0 Å². The van der Waals surface area contributed by atoms with Crippen LogP contribution in [0.15, 0.2) is 17.5 Å². The first-order valence-corrected chi connectivity index (χ1v) is 8.54. The number of thiazole rings is 1. The molecule has 0 bridgehead atoms. The molecule has 1 aliphatic heterocycles. The molecule has 102 valence electrons. The van der Waals surface area contributed by atoms with Crippen LogP contribution in [0.4, 0.5) is 5.13 Å². The summed E-state index contributed by atoms with van der Waals surface area (Å²) < 4.78 is 0. The van der Waals surface area contributed by atoms with Gasteiger partial charge in [0.15, 0.2) is 5.13 Å². The Morgan fingerprint density at radius 1 is 1.21 bits per heavy atom. The number of hydrogen-bond donors (Lipinski definition) is 1. The monoisotopic (exact) mass is 293 g/mol. The standard InChI is InChI=1S/C14H19N3S2/c15-14-16-13(11-6-5-9-18-11)12(19-14)10-17-7-3-1-2-4-8-17/h5-6,9H,1-4,7-8,10H2,(H2,15,16). The van der Waals surface area contributed by atoms with Crippen LogP contribution in [0, 0.1) is 0 Å². The molecule has 2 aromatic rings. The number of nitrogens with two attached hydrogens (primary N) is 1. The van der Waals surface area contributed by atoms with Crippen LogP contribution in [0.3, 0.4) is 0 Å². The highest BCUT2D eigenvalue weighted by atomic mass is 32.1. The Kier molecular flexibility index (Phi) is 4.15. The maximum absolute atomic E-state index is 5.92. The highest BCUT2D eigenvalue weighted by molar-refractivity contribution is 7.17. The van der Waals surface area contributed by atoms with E-state index >= 15 is 0 Å². The van der Waals surface area contributed by atoms with Gasteiger partial charge in [0.25, 0.3) is 0 Å². The molecule has 0 unspecified atom stereocenters. The van der Waals surface area contributed by atoms with Crippen molar-refractivity contribution in [2.75, 3.05) is 18.8 Å². The molecule has 3 heterocycles. The second kappa shape index (κ2) is 6.03. The topological polar surface area (TPSA) is 42.1 Å². The molecule has 2 aromatic heterocycles. The Bertz CT molecular complexity index is 511. The summed E-state index contributed by atoms with van der Waals surface area (Å²) in [5.74, 6) is 0. The number of aromatic nitrogens is 1. The molecule has 0 amide bonds. The summed E-state index contributed by atoms with van der Waals surface area (Å²) in [7, 11) is 0. The molecular weight excluding hydrogens is 274 g/mol. The van der Waals surface area contributed by atoms with Gasteiger partial charge >= 0.3 is 0 Å². The van der Waals surface area contributed by atoms with E-state index in [1.165, 1.54) is 48.5 Å². The first kappa shape index (κ1) is 13.1. The van der Waals surface area contributed by atoms with Gasteiger partial charge in [0, 0.05) is 11.4 Å². The highest BCUT2D eigenvalue weighted by Crippen LogP contribution is 2.33. The van der Waals surface area contributed by atoms with E-state index in [0.717, 1.165) is 12.2 Å². The summed E-state index contributed by atoms with van der Waals surface area (Å²) >= 11 is 3.38. The first-order chi connectivity index (χ1) is 9.33. The molecule has 0 atom stereocenters. The molecule has 0 saturated carbocycles. The molecule has 1 saturated heterocycles. The zero-order chi connectivity index (χ0) is 13.1. The summed E-state index contributed by atoms with van der Waals surface area (Å²) in [6.07, 6.45) is 5.39.